The van der Waals surface area contributed by atoms with Crippen LogP contribution in [-0.2, 0) is 14.7 Å². The minimum atomic E-state index is -0.328. The van der Waals surface area contributed by atoms with Gasteiger partial charge in [-0.25, -0.2) is 0 Å². The lowest BCUT2D eigenvalue weighted by atomic mass is 9.71. The maximum absolute atomic E-state index is 6.41. The van der Waals surface area contributed by atoms with Crippen LogP contribution in [0.5, 0.6) is 0 Å². The summed E-state index contributed by atoms with van der Waals surface area (Å²) >= 11 is 0. The fourth-order valence-electron chi connectivity index (χ4n) is 6.10. The molecule has 2 nitrogen and oxygen atoms in total. The summed E-state index contributed by atoms with van der Waals surface area (Å²) < 4.78 is 12.8. The molecule has 1 spiro atoms. The molecule has 0 radical (unpaired) electrons. The van der Waals surface area contributed by atoms with Crippen molar-refractivity contribution in [2.45, 2.75) is 70.0 Å². The van der Waals surface area contributed by atoms with Gasteiger partial charge in [0, 0.05) is 5.41 Å². The maximum Gasteiger partial charge on any atom is 0.494 e. The molecule has 0 atom stereocenters. The zero-order valence-corrected chi connectivity index (χ0v) is 19.6. The molecule has 0 amide bonds. The van der Waals surface area contributed by atoms with Crippen LogP contribution in [0.15, 0.2) is 66.7 Å². The van der Waals surface area contributed by atoms with Gasteiger partial charge in [-0.3, -0.25) is 0 Å². The van der Waals surface area contributed by atoms with Crippen molar-refractivity contribution in [3.05, 3.63) is 77.9 Å². The third kappa shape index (κ3) is 2.74. The summed E-state index contributed by atoms with van der Waals surface area (Å²) in [4.78, 5) is 0. The largest absolute Gasteiger partial charge is 0.494 e. The molecule has 3 heteroatoms. The molecule has 0 aromatic heterocycles. The standard InChI is InChI=1S/C29H31BO2/c1-27(2)28(3,4)32-30(31-27)21-15-16-23-24-14-10-13-22(20-11-6-5-7-12-20)26(24)29(25(23)19-21)17-8-9-18-29/h5-7,10-16,19H,8-9,17-18H2,1-4H3. The lowest BCUT2D eigenvalue weighted by Gasteiger charge is -2.32. The van der Waals surface area contributed by atoms with Crippen LogP contribution in [0.3, 0.4) is 0 Å². The van der Waals surface area contributed by atoms with E-state index in [1.807, 2.05) is 0 Å². The fraction of sp³-hybridized carbons (Fsp3) is 0.379. The van der Waals surface area contributed by atoms with Gasteiger partial charge in [0.15, 0.2) is 0 Å². The second-order valence-corrected chi connectivity index (χ2v) is 10.8. The van der Waals surface area contributed by atoms with Crippen LogP contribution in [0, 0.1) is 0 Å². The van der Waals surface area contributed by atoms with Crippen LogP contribution in [0.2, 0.25) is 0 Å². The zero-order chi connectivity index (χ0) is 22.1. The molecule has 6 rings (SSSR count). The van der Waals surface area contributed by atoms with E-state index in [1.54, 1.807) is 0 Å². The molecule has 1 saturated heterocycles. The van der Waals surface area contributed by atoms with E-state index in [0.717, 1.165) is 5.46 Å². The molecule has 2 aliphatic carbocycles. The molecule has 1 saturated carbocycles. The summed E-state index contributed by atoms with van der Waals surface area (Å²) in [5, 5.41) is 0. The van der Waals surface area contributed by atoms with Crippen molar-refractivity contribution in [1.82, 2.24) is 0 Å². The average Bonchev–Trinajstić information content (AvgIpc) is 3.44. The second kappa shape index (κ2) is 6.82. The Morgan fingerprint density at radius 3 is 2.03 bits per heavy atom. The summed E-state index contributed by atoms with van der Waals surface area (Å²) in [6.45, 7) is 8.50. The van der Waals surface area contributed by atoms with Crippen molar-refractivity contribution in [2.75, 3.05) is 0 Å². The average molecular weight is 422 g/mol. The molecule has 0 bridgehead atoms. The van der Waals surface area contributed by atoms with E-state index in [2.05, 4.69) is 94.4 Å². The van der Waals surface area contributed by atoms with Gasteiger partial charge in [0.2, 0.25) is 0 Å². The van der Waals surface area contributed by atoms with Crippen molar-refractivity contribution in [2.24, 2.45) is 0 Å². The highest BCUT2D eigenvalue weighted by Gasteiger charge is 2.53. The third-order valence-electron chi connectivity index (χ3n) is 8.46. The third-order valence-corrected chi connectivity index (χ3v) is 8.46. The van der Waals surface area contributed by atoms with Crippen LogP contribution >= 0.6 is 0 Å². The molecule has 3 aromatic carbocycles. The van der Waals surface area contributed by atoms with E-state index in [9.17, 15) is 0 Å². The number of fused-ring (bicyclic) bond motifs is 5. The Morgan fingerprint density at radius 2 is 1.34 bits per heavy atom. The van der Waals surface area contributed by atoms with Crippen LogP contribution < -0.4 is 5.46 Å². The van der Waals surface area contributed by atoms with Crippen LogP contribution in [-0.4, -0.2) is 18.3 Å². The zero-order valence-electron chi connectivity index (χ0n) is 19.6. The second-order valence-electron chi connectivity index (χ2n) is 10.8. The molecule has 0 N–H and O–H groups in total. The van der Waals surface area contributed by atoms with E-state index in [-0.39, 0.29) is 23.7 Å². The van der Waals surface area contributed by atoms with E-state index < -0.39 is 0 Å². The van der Waals surface area contributed by atoms with Gasteiger partial charge in [-0.1, -0.05) is 79.6 Å². The van der Waals surface area contributed by atoms with Gasteiger partial charge in [0.05, 0.1) is 11.2 Å². The van der Waals surface area contributed by atoms with E-state index >= 15 is 0 Å². The highest BCUT2D eigenvalue weighted by atomic mass is 16.7. The van der Waals surface area contributed by atoms with Crippen molar-refractivity contribution in [3.8, 4) is 22.3 Å². The minimum absolute atomic E-state index is 0.0940. The summed E-state index contributed by atoms with van der Waals surface area (Å²) in [7, 11) is -0.318. The first kappa shape index (κ1) is 20.3. The molecule has 0 unspecified atom stereocenters. The first-order chi connectivity index (χ1) is 15.3. The van der Waals surface area contributed by atoms with Gasteiger partial charge >= 0.3 is 7.12 Å². The summed E-state index contributed by atoms with van der Waals surface area (Å²) in [6.07, 6.45) is 4.98. The van der Waals surface area contributed by atoms with Gasteiger partial charge in [-0.05, 0) is 79.4 Å². The Balaban J connectivity index is 1.51. The Labute approximate surface area is 192 Å². The normalized spacial score (nSPS) is 21.7. The van der Waals surface area contributed by atoms with Crippen LogP contribution in [0.25, 0.3) is 22.3 Å². The highest BCUT2D eigenvalue weighted by molar-refractivity contribution is 6.62. The molecule has 32 heavy (non-hydrogen) atoms. The Bertz CT molecular complexity index is 1170. The number of hydrogen-bond donors (Lipinski definition) is 0. The summed E-state index contributed by atoms with van der Waals surface area (Å²) in [5.74, 6) is 0. The van der Waals surface area contributed by atoms with Crippen molar-refractivity contribution in [3.63, 3.8) is 0 Å². The summed E-state index contributed by atoms with van der Waals surface area (Å²) in [5.41, 5.74) is 9.08. The summed E-state index contributed by atoms with van der Waals surface area (Å²) in [6, 6.07) is 24.7. The highest BCUT2D eigenvalue weighted by Crippen LogP contribution is 2.59. The van der Waals surface area contributed by atoms with E-state index in [4.69, 9.17) is 9.31 Å². The fourth-order valence-corrected chi connectivity index (χ4v) is 6.10. The Morgan fingerprint density at radius 1 is 0.688 bits per heavy atom. The van der Waals surface area contributed by atoms with Gasteiger partial charge in [-0.2, -0.15) is 0 Å². The monoisotopic (exact) mass is 422 g/mol. The van der Waals surface area contributed by atoms with Gasteiger partial charge in [0.1, 0.15) is 0 Å². The smallest absolute Gasteiger partial charge is 0.399 e. The molecule has 2 fully saturated rings. The molecule has 162 valence electrons. The van der Waals surface area contributed by atoms with E-state index in [1.165, 1.54) is 59.1 Å². The first-order valence-corrected chi connectivity index (χ1v) is 12.0. The molecule has 3 aromatic rings. The van der Waals surface area contributed by atoms with Crippen molar-refractivity contribution in [1.29, 1.82) is 0 Å². The Hall–Kier alpha value is -2.36. The molecule has 3 aliphatic rings. The van der Waals surface area contributed by atoms with Gasteiger partial charge in [-0.15, -0.1) is 0 Å². The SMILES string of the molecule is CC1(C)OB(c2ccc3c(c2)C2(CCCC2)c2c(-c4ccccc4)cccc2-3)OC1(C)C. The molecule has 1 aliphatic heterocycles. The lowest BCUT2D eigenvalue weighted by Crippen LogP contribution is -2.41. The van der Waals surface area contributed by atoms with Gasteiger partial charge < -0.3 is 9.31 Å². The van der Waals surface area contributed by atoms with Crippen LogP contribution in [0.1, 0.15) is 64.5 Å². The number of benzene rings is 3. The van der Waals surface area contributed by atoms with Crippen molar-refractivity contribution < 1.29 is 9.31 Å². The predicted molar refractivity (Wildman–Crippen MR) is 132 cm³/mol. The number of rotatable bonds is 2. The molecular formula is C29H31BO2. The Kier molecular flexibility index (Phi) is 4.32. The van der Waals surface area contributed by atoms with Crippen LogP contribution in [0.4, 0.5) is 0 Å². The first-order valence-electron chi connectivity index (χ1n) is 12.0. The maximum atomic E-state index is 6.41. The number of hydrogen-bond acceptors (Lipinski definition) is 2. The quantitative estimate of drug-likeness (QED) is 0.440. The van der Waals surface area contributed by atoms with Crippen molar-refractivity contribution >= 4 is 12.6 Å². The predicted octanol–water partition coefficient (Wildman–Crippen LogP) is 6.49. The van der Waals surface area contributed by atoms with Gasteiger partial charge in [0.25, 0.3) is 0 Å². The van der Waals surface area contributed by atoms with E-state index in [0.29, 0.717) is 0 Å². The lowest BCUT2D eigenvalue weighted by molar-refractivity contribution is 0.00578. The molecule has 1 heterocycles. The topological polar surface area (TPSA) is 18.5 Å². The minimum Gasteiger partial charge on any atom is -0.399 e. The molecular weight excluding hydrogens is 391 g/mol.